The maximum absolute atomic E-state index is 13.3. The topological polar surface area (TPSA) is 134 Å². The molecule has 226 valence electrons. The van der Waals surface area contributed by atoms with Gasteiger partial charge in [0, 0.05) is 25.5 Å². The van der Waals surface area contributed by atoms with Gasteiger partial charge in [0.05, 0.1) is 0 Å². The third-order valence-corrected chi connectivity index (χ3v) is 7.68. The normalized spacial score (nSPS) is 14.3. The lowest BCUT2D eigenvalue weighted by atomic mass is 9.98. The van der Waals surface area contributed by atoms with Crippen LogP contribution >= 0.6 is 11.6 Å². The van der Waals surface area contributed by atoms with Crippen LogP contribution in [-0.4, -0.2) is 54.7 Å². The number of aryl methyl sites for hydroxylation is 1. The molecule has 11 nitrogen and oxygen atoms in total. The van der Waals surface area contributed by atoms with E-state index in [0.717, 1.165) is 67.2 Å². The highest BCUT2D eigenvalue weighted by Gasteiger charge is 2.27. The number of hydrogen-bond donors (Lipinski definition) is 1. The van der Waals surface area contributed by atoms with Crippen molar-refractivity contribution in [2.75, 3.05) is 0 Å². The molecule has 2 heterocycles. The maximum Gasteiger partial charge on any atom is 0.511 e. The molecule has 1 aliphatic carbocycles. The highest BCUT2D eigenvalue weighted by atomic mass is 35.5. The number of aromatic nitrogens is 6. The van der Waals surface area contributed by atoms with Crippen LogP contribution in [0.4, 0.5) is 4.79 Å². The summed E-state index contributed by atoms with van der Waals surface area (Å²) in [5.41, 5.74) is 3.84. The van der Waals surface area contributed by atoms with E-state index in [4.69, 9.17) is 25.8 Å². The Kier molecular flexibility index (Phi) is 10.0. The van der Waals surface area contributed by atoms with Crippen molar-refractivity contribution in [1.82, 2.24) is 30.2 Å². The lowest BCUT2D eigenvalue weighted by Crippen LogP contribution is -2.27. The number of aromatic amines is 1. The summed E-state index contributed by atoms with van der Waals surface area (Å²) in [5.74, 6) is 0.455. The van der Waals surface area contributed by atoms with E-state index in [1.807, 2.05) is 48.5 Å². The van der Waals surface area contributed by atoms with Gasteiger partial charge in [-0.3, -0.25) is 0 Å². The molecule has 1 N–H and O–H groups in total. The van der Waals surface area contributed by atoms with E-state index in [1.54, 1.807) is 4.57 Å². The summed E-state index contributed by atoms with van der Waals surface area (Å²) in [7, 11) is 0. The van der Waals surface area contributed by atoms with E-state index in [-0.39, 0.29) is 17.0 Å². The first-order chi connectivity index (χ1) is 20.9. The van der Waals surface area contributed by atoms with Crippen LogP contribution in [-0.2, 0) is 27.2 Å². The van der Waals surface area contributed by atoms with E-state index in [2.05, 4.69) is 32.5 Å². The van der Waals surface area contributed by atoms with Crippen LogP contribution in [0.3, 0.4) is 0 Å². The summed E-state index contributed by atoms with van der Waals surface area (Å²) in [6, 6.07) is 15.8. The molecular weight excluding hydrogens is 572 g/mol. The molecule has 1 fully saturated rings. The highest BCUT2D eigenvalue weighted by molar-refractivity contribution is 6.32. The number of nitrogens with zero attached hydrogens (tertiary/aromatic N) is 5. The third kappa shape index (κ3) is 7.59. The second-order valence-corrected chi connectivity index (χ2v) is 10.9. The van der Waals surface area contributed by atoms with Crippen molar-refractivity contribution >= 4 is 23.7 Å². The number of rotatable bonds is 11. The first-order valence-electron chi connectivity index (χ1n) is 14.7. The van der Waals surface area contributed by atoms with Gasteiger partial charge in [-0.25, -0.2) is 14.6 Å². The van der Waals surface area contributed by atoms with Crippen LogP contribution < -0.4 is 0 Å². The smallest absolute Gasteiger partial charge is 0.431 e. The van der Waals surface area contributed by atoms with Crippen LogP contribution in [0.25, 0.3) is 22.5 Å². The number of benzene rings is 2. The van der Waals surface area contributed by atoms with Crippen molar-refractivity contribution in [2.24, 2.45) is 0 Å². The molecule has 0 amide bonds. The SMILES string of the molecule is CCCCc1nc(Cl)c(C(=O)OC(C)OC(=O)OC2CCCCC2)n1Cc1ccc(-c2ccccc2-c2nn[nH]n2)cc1. The van der Waals surface area contributed by atoms with Gasteiger partial charge in [-0.1, -0.05) is 79.9 Å². The molecule has 2 aromatic carbocycles. The standard InChI is InChI=1S/C31H35ClN6O5/c1-3-4-14-26-33-28(32)27(30(39)41-20(2)42-31(40)43-23-10-6-5-7-11-23)38(26)19-21-15-17-22(18-16-21)24-12-8-9-13-25(24)29-34-36-37-35-29/h8-9,12-13,15-18,20,23H,3-7,10-11,14,19H2,1-2H3,(H,34,35,36,37). The molecular formula is C31H35ClN6O5. The quantitative estimate of drug-likeness (QED) is 0.145. The number of halogens is 1. The molecule has 1 saturated carbocycles. The fourth-order valence-electron chi connectivity index (χ4n) is 5.25. The van der Waals surface area contributed by atoms with Crippen LogP contribution in [0.15, 0.2) is 48.5 Å². The minimum atomic E-state index is -1.17. The summed E-state index contributed by atoms with van der Waals surface area (Å²) >= 11 is 6.49. The molecule has 2 aromatic heterocycles. The van der Waals surface area contributed by atoms with Crippen molar-refractivity contribution < 1.29 is 23.8 Å². The number of tetrazole rings is 1. The van der Waals surface area contributed by atoms with Crippen molar-refractivity contribution in [3.63, 3.8) is 0 Å². The van der Waals surface area contributed by atoms with Crippen LogP contribution in [0.5, 0.6) is 0 Å². The fourth-order valence-corrected chi connectivity index (χ4v) is 5.53. The molecule has 0 saturated heterocycles. The predicted molar refractivity (Wildman–Crippen MR) is 159 cm³/mol. The summed E-state index contributed by atoms with van der Waals surface area (Å²) in [4.78, 5) is 30.1. The molecule has 0 spiro atoms. The van der Waals surface area contributed by atoms with E-state index in [9.17, 15) is 9.59 Å². The lowest BCUT2D eigenvalue weighted by molar-refractivity contribution is -0.0918. The van der Waals surface area contributed by atoms with Crippen molar-refractivity contribution in [1.29, 1.82) is 0 Å². The Bertz CT molecular complexity index is 1520. The van der Waals surface area contributed by atoms with Gasteiger partial charge >= 0.3 is 12.1 Å². The molecule has 5 rings (SSSR count). The van der Waals surface area contributed by atoms with Crippen LogP contribution in [0, 0.1) is 0 Å². The Morgan fingerprint density at radius 2 is 1.79 bits per heavy atom. The maximum atomic E-state index is 13.3. The van der Waals surface area contributed by atoms with Gasteiger partial charge in [-0.2, -0.15) is 5.21 Å². The lowest BCUT2D eigenvalue weighted by Gasteiger charge is -2.22. The first kappa shape index (κ1) is 30.2. The predicted octanol–water partition coefficient (Wildman–Crippen LogP) is 6.76. The number of carbonyl (C=O) groups excluding carboxylic acids is 2. The van der Waals surface area contributed by atoms with E-state index in [1.165, 1.54) is 6.92 Å². The van der Waals surface area contributed by atoms with Gasteiger partial charge in [-0.05, 0) is 54.0 Å². The fraction of sp³-hybridized carbons (Fsp3) is 0.419. The minimum Gasteiger partial charge on any atom is -0.431 e. The highest BCUT2D eigenvalue weighted by Crippen LogP contribution is 2.30. The number of H-pyrrole nitrogens is 1. The monoisotopic (exact) mass is 606 g/mol. The second kappa shape index (κ2) is 14.3. The molecule has 1 atom stereocenters. The molecule has 1 aliphatic rings. The summed E-state index contributed by atoms with van der Waals surface area (Å²) < 4.78 is 17.8. The molecule has 1 unspecified atom stereocenters. The van der Waals surface area contributed by atoms with Gasteiger partial charge in [0.25, 0.3) is 0 Å². The average Bonchev–Trinajstić information content (AvgIpc) is 3.65. The largest absolute Gasteiger partial charge is 0.511 e. The molecule has 0 aliphatic heterocycles. The zero-order valence-electron chi connectivity index (χ0n) is 24.3. The Balaban J connectivity index is 1.32. The number of hydrogen-bond acceptors (Lipinski definition) is 9. The Morgan fingerprint density at radius 3 is 2.49 bits per heavy atom. The molecule has 43 heavy (non-hydrogen) atoms. The zero-order valence-corrected chi connectivity index (χ0v) is 25.0. The summed E-state index contributed by atoms with van der Waals surface area (Å²) in [6.07, 6.45) is 5.07. The third-order valence-electron chi connectivity index (χ3n) is 7.42. The van der Waals surface area contributed by atoms with Gasteiger partial charge in [0.15, 0.2) is 10.8 Å². The van der Waals surface area contributed by atoms with Gasteiger partial charge in [0.1, 0.15) is 11.9 Å². The molecule has 0 bridgehead atoms. The molecule has 4 aromatic rings. The summed E-state index contributed by atoms with van der Waals surface area (Å²) in [6.45, 7) is 3.90. The number of ether oxygens (including phenoxy) is 3. The van der Waals surface area contributed by atoms with Crippen molar-refractivity contribution in [3.05, 3.63) is 70.8 Å². The number of unbranched alkanes of at least 4 members (excludes halogenated alkanes) is 1. The zero-order chi connectivity index (χ0) is 30.2. The summed E-state index contributed by atoms with van der Waals surface area (Å²) in [5, 5.41) is 14.5. The second-order valence-electron chi connectivity index (χ2n) is 10.6. The number of carbonyl (C=O) groups is 2. The number of imidazole rings is 1. The Labute approximate surface area is 254 Å². The average molecular weight is 607 g/mol. The molecule has 0 radical (unpaired) electrons. The Morgan fingerprint density at radius 1 is 1.05 bits per heavy atom. The minimum absolute atomic E-state index is 0.0405. The Hall–Kier alpha value is -4.25. The number of esters is 1. The number of nitrogens with one attached hydrogen (secondary N) is 1. The van der Waals surface area contributed by atoms with Gasteiger partial charge in [-0.15, -0.1) is 10.2 Å². The first-order valence-corrected chi connectivity index (χ1v) is 15.1. The van der Waals surface area contributed by atoms with Crippen LogP contribution in [0.2, 0.25) is 5.15 Å². The van der Waals surface area contributed by atoms with E-state index in [0.29, 0.717) is 24.6 Å². The van der Waals surface area contributed by atoms with E-state index >= 15 is 0 Å². The van der Waals surface area contributed by atoms with E-state index < -0.39 is 18.4 Å². The van der Waals surface area contributed by atoms with Crippen LogP contribution in [0.1, 0.15) is 80.7 Å². The van der Waals surface area contributed by atoms with Gasteiger partial charge in [0.2, 0.25) is 12.1 Å². The van der Waals surface area contributed by atoms with Gasteiger partial charge < -0.3 is 18.8 Å². The van der Waals surface area contributed by atoms with Crippen molar-refractivity contribution in [2.45, 2.75) is 84.2 Å². The molecule has 12 heteroatoms. The van der Waals surface area contributed by atoms with Crippen molar-refractivity contribution in [3.8, 4) is 22.5 Å².